The molecule has 0 aliphatic rings. The summed E-state index contributed by atoms with van der Waals surface area (Å²) in [7, 11) is 0. The molecule has 0 aromatic rings. The Morgan fingerprint density at radius 3 is 0.800 bits per heavy atom. The molecule has 25 valence electrons. The van der Waals surface area contributed by atoms with Crippen molar-refractivity contribution in [1.82, 2.24) is 0 Å². The molecule has 0 aromatic carbocycles. The van der Waals surface area contributed by atoms with Crippen LogP contribution in [0, 0.1) is 0 Å². The molecule has 0 aliphatic carbocycles. The normalized spacial score (nSPS) is 0. The van der Waals surface area contributed by atoms with Crippen molar-refractivity contribution in [3.05, 3.63) is 0 Å². The van der Waals surface area contributed by atoms with Crippen molar-refractivity contribution in [3.63, 3.8) is 0 Å². The smallest absolute Gasteiger partial charge is 1.00 e. The average molecular weight is 216 g/mol. The van der Waals surface area contributed by atoms with Gasteiger partial charge in [-0.3, -0.25) is 0 Å². The predicted molar refractivity (Wildman–Crippen MR) is 5.75 cm³/mol. The number of hydrogen-bond acceptors (Lipinski definition) is 0. The summed E-state index contributed by atoms with van der Waals surface area (Å²) in [5, 5.41) is 0. The molecule has 5 heavy (non-hydrogen) atoms. The van der Waals surface area contributed by atoms with Crippen LogP contribution >= 0.6 is 0 Å². The largest absolute Gasteiger partial charge is 2.00 e. The molecular weight excluding hydrogens is 216 g/mol. The fraction of sp³-hybridized carbons (Fsp3) is 0. The topological polar surface area (TPSA) is 0 Å². The molecule has 0 fully saturated rings. The van der Waals surface area contributed by atoms with Gasteiger partial charge in [0.05, 0.1) is 0 Å². The van der Waals surface area contributed by atoms with Crippen molar-refractivity contribution in [1.29, 1.82) is 0 Å². The molecule has 0 heterocycles. The van der Waals surface area contributed by atoms with Gasteiger partial charge in [0, 0.05) is 36.5 Å². The zero-order valence-corrected chi connectivity index (χ0v) is 9.62. The third-order valence-corrected chi connectivity index (χ3v) is 0. The molecule has 0 spiro atoms. The van der Waals surface area contributed by atoms with Crippen molar-refractivity contribution in [2.45, 2.75) is 0 Å². The number of halogens is 2. The van der Waals surface area contributed by atoms with Gasteiger partial charge in [-0.15, -0.1) is 0 Å². The van der Waals surface area contributed by atoms with E-state index in [1.165, 1.54) is 0 Å². The van der Waals surface area contributed by atoms with Gasteiger partial charge in [0.1, 0.15) is 0 Å². The first-order valence-corrected chi connectivity index (χ1v) is 0. The van der Waals surface area contributed by atoms with Crippen molar-refractivity contribution in [2.75, 3.05) is 0 Å². The zero-order chi connectivity index (χ0) is 0. The van der Waals surface area contributed by atoms with Crippen molar-refractivity contribution < 1.29 is 61.4 Å². The van der Waals surface area contributed by atoms with Crippen molar-refractivity contribution >= 4 is 23.1 Å². The summed E-state index contributed by atoms with van der Waals surface area (Å²) in [5.74, 6) is 0. The molecule has 0 atom stereocenters. The molecule has 0 bridgehead atoms. The molecule has 0 amide bonds. The van der Waals surface area contributed by atoms with Gasteiger partial charge in [0.15, 0.2) is 0 Å². The van der Waals surface area contributed by atoms with E-state index in [4.69, 9.17) is 0 Å². The minimum atomic E-state index is 0. The van der Waals surface area contributed by atoms with E-state index in [9.17, 15) is 0 Å². The van der Waals surface area contributed by atoms with Crippen LogP contribution < -0.4 is 24.8 Å². The molecular formula is Cl2MgMnZn. The van der Waals surface area contributed by atoms with Crippen LogP contribution in [0.15, 0.2) is 0 Å². The van der Waals surface area contributed by atoms with E-state index in [0.29, 0.717) is 0 Å². The van der Waals surface area contributed by atoms with Crippen LogP contribution in [-0.2, 0) is 36.5 Å². The second-order valence-corrected chi connectivity index (χ2v) is 0. The molecule has 0 saturated carbocycles. The van der Waals surface area contributed by atoms with Crippen LogP contribution in [0.25, 0.3) is 0 Å². The zero-order valence-electron chi connectivity index (χ0n) is 2.55. The summed E-state index contributed by atoms with van der Waals surface area (Å²) in [6, 6.07) is 0. The van der Waals surface area contributed by atoms with E-state index in [1.807, 2.05) is 0 Å². The van der Waals surface area contributed by atoms with E-state index in [1.54, 1.807) is 0 Å². The average Bonchev–Trinajstić information content (AvgIpc) is 0. The van der Waals surface area contributed by atoms with Crippen LogP contribution in [0.2, 0.25) is 0 Å². The molecule has 1 radical (unpaired) electrons. The monoisotopic (exact) mass is 213 g/mol. The van der Waals surface area contributed by atoms with Gasteiger partial charge in [0.25, 0.3) is 0 Å². The molecule has 0 aliphatic heterocycles. The maximum atomic E-state index is 0. The molecule has 0 N–H and O–H groups in total. The first-order chi connectivity index (χ1) is 0. The van der Waals surface area contributed by atoms with Crippen LogP contribution in [0.1, 0.15) is 0 Å². The molecule has 0 unspecified atom stereocenters. The van der Waals surface area contributed by atoms with Gasteiger partial charge >= 0.3 is 23.1 Å². The first-order valence-electron chi connectivity index (χ1n) is 0. The summed E-state index contributed by atoms with van der Waals surface area (Å²) < 4.78 is 0. The van der Waals surface area contributed by atoms with Crippen LogP contribution in [0.4, 0.5) is 0 Å². The van der Waals surface area contributed by atoms with Crippen LogP contribution in [-0.4, -0.2) is 23.1 Å². The minimum absolute atomic E-state index is 0. The number of rotatable bonds is 0. The Hall–Kier alpha value is 2.49. The Bertz CT molecular complexity index is 9.61. The summed E-state index contributed by atoms with van der Waals surface area (Å²) in [6.45, 7) is 0. The Balaban J connectivity index is 0. The second kappa shape index (κ2) is 31.6. The Kier molecular flexibility index (Phi) is 321. The molecule has 0 nitrogen and oxygen atoms in total. The van der Waals surface area contributed by atoms with Gasteiger partial charge in [-0.05, 0) is 0 Å². The minimum Gasteiger partial charge on any atom is -1.00 e. The SMILES string of the molecule is [Cl-].[Cl-].[Mg+2].[Mn].[Zn]. The Morgan fingerprint density at radius 2 is 0.800 bits per heavy atom. The van der Waals surface area contributed by atoms with Gasteiger partial charge in [-0.1, -0.05) is 0 Å². The van der Waals surface area contributed by atoms with Crippen molar-refractivity contribution in [3.8, 4) is 0 Å². The Morgan fingerprint density at radius 1 is 0.800 bits per heavy atom. The van der Waals surface area contributed by atoms with E-state index in [2.05, 4.69) is 0 Å². The molecule has 0 rings (SSSR count). The van der Waals surface area contributed by atoms with E-state index in [-0.39, 0.29) is 84.4 Å². The quantitative estimate of drug-likeness (QED) is 0.353. The van der Waals surface area contributed by atoms with Gasteiger partial charge in [-0.25, -0.2) is 0 Å². The van der Waals surface area contributed by atoms with E-state index < -0.39 is 0 Å². The van der Waals surface area contributed by atoms with Gasteiger partial charge < -0.3 is 24.8 Å². The van der Waals surface area contributed by atoms with Crippen LogP contribution in [0.5, 0.6) is 0 Å². The summed E-state index contributed by atoms with van der Waals surface area (Å²) in [5.41, 5.74) is 0. The second-order valence-electron chi connectivity index (χ2n) is 0. The summed E-state index contributed by atoms with van der Waals surface area (Å²) >= 11 is 0. The van der Waals surface area contributed by atoms with Gasteiger partial charge in [0.2, 0.25) is 0 Å². The van der Waals surface area contributed by atoms with Crippen LogP contribution in [0.3, 0.4) is 0 Å². The first kappa shape index (κ1) is 50.9. The maximum Gasteiger partial charge on any atom is 2.00 e. The maximum absolute atomic E-state index is 0. The predicted octanol–water partition coefficient (Wildman–Crippen LogP) is -6.38. The molecule has 5 heteroatoms. The fourth-order valence-corrected chi connectivity index (χ4v) is 0. The summed E-state index contributed by atoms with van der Waals surface area (Å²) in [4.78, 5) is 0. The number of hydrogen-bond donors (Lipinski definition) is 0. The third-order valence-electron chi connectivity index (χ3n) is 0. The van der Waals surface area contributed by atoms with Gasteiger partial charge in [-0.2, -0.15) is 0 Å². The molecule has 0 saturated heterocycles. The van der Waals surface area contributed by atoms with E-state index >= 15 is 0 Å². The third kappa shape index (κ3) is 21.1. The molecule has 0 aromatic heterocycles. The summed E-state index contributed by atoms with van der Waals surface area (Å²) in [6.07, 6.45) is 0. The fourth-order valence-electron chi connectivity index (χ4n) is 0. The standard InChI is InChI=1S/2ClH.Mg.Mn.Zn/h2*1H;;;/q;;+2;;/p-2. The Labute approximate surface area is 83.4 Å². The van der Waals surface area contributed by atoms with Crippen molar-refractivity contribution in [2.24, 2.45) is 0 Å². The van der Waals surface area contributed by atoms with E-state index in [0.717, 1.165) is 0 Å².